The van der Waals surface area contributed by atoms with Crippen LogP contribution >= 0.6 is 0 Å². The molecule has 0 aromatic heterocycles. The molecule has 2 aromatic rings. The van der Waals surface area contributed by atoms with Crippen molar-refractivity contribution in [3.63, 3.8) is 0 Å². The van der Waals surface area contributed by atoms with Gasteiger partial charge in [0.15, 0.2) is 5.82 Å². The van der Waals surface area contributed by atoms with E-state index in [2.05, 4.69) is 5.32 Å². The third-order valence-corrected chi connectivity index (χ3v) is 7.71. The molecule has 1 aliphatic heterocycles. The molecule has 2 bridgehead atoms. The molecular weight excluding hydrogens is 458 g/mol. The number of ether oxygens (including phenoxy) is 2. The van der Waals surface area contributed by atoms with Gasteiger partial charge in [-0.25, -0.2) is 0 Å². The maximum atomic E-state index is 12.9. The zero-order valence-corrected chi connectivity index (χ0v) is 21.8. The fraction of sp³-hybridized carbons (Fsp3) is 0.464. The number of aryl methyl sites for hydroxylation is 2. The Morgan fingerprint density at radius 2 is 1.50 bits per heavy atom. The lowest BCUT2D eigenvalue weighted by molar-refractivity contribution is -0.455. The smallest absolute Gasteiger partial charge is 0.294 e. The van der Waals surface area contributed by atoms with Gasteiger partial charge in [-0.1, -0.05) is 59.7 Å². The van der Waals surface area contributed by atoms with E-state index < -0.39 is 17.7 Å². The van der Waals surface area contributed by atoms with Gasteiger partial charge in [-0.2, -0.15) is 0 Å². The van der Waals surface area contributed by atoms with Crippen LogP contribution in [0.25, 0.3) is 0 Å². The third-order valence-electron chi connectivity index (χ3n) is 7.71. The van der Waals surface area contributed by atoms with Crippen molar-refractivity contribution in [3.8, 4) is 0 Å². The summed E-state index contributed by atoms with van der Waals surface area (Å²) in [7, 11) is 3.00. The molecule has 8 nitrogen and oxygen atoms in total. The SMILES string of the molecule is COC1(OC)C2CC(=O)CC1N(C(C)c1ccc(C)cc1)C(NC(C)c1ccc(C)cc1)=C2[N+](=O)[O-]. The zero-order valence-electron chi connectivity index (χ0n) is 21.8. The molecule has 0 spiro atoms. The van der Waals surface area contributed by atoms with Crippen molar-refractivity contribution >= 4 is 5.78 Å². The number of carbonyl (C=O) groups is 1. The average molecular weight is 494 g/mol. The van der Waals surface area contributed by atoms with Gasteiger partial charge in [-0.15, -0.1) is 0 Å². The molecule has 36 heavy (non-hydrogen) atoms. The quantitative estimate of drug-likeness (QED) is 0.320. The predicted molar refractivity (Wildman–Crippen MR) is 136 cm³/mol. The second-order valence-corrected chi connectivity index (χ2v) is 9.91. The number of fused-ring (bicyclic) bond motifs is 2. The number of ketones is 1. The Balaban J connectivity index is 1.91. The summed E-state index contributed by atoms with van der Waals surface area (Å²) in [6, 6.07) is 15.1. The first-order chi connectivity index (χ1) is 17.1. The number of Topliss-reactive ketones (excluding diaryl/α,β-unsaturated/α-hetero) is 1. The van der Waals surface area contributed by atoms with Gasteiger partial charge in [0.25, 0.3) is 5.70 Å². The number of methoxy groups -OCH3 is 2. The van der Waals surface area contributed by atoms with Crippen LogP contribution in [0.2, 0.25) is 0 Å². The predicted octanol–water partition coefficient (Wildman–Crippen LogP) is 4.81. The van der Waals surface area contributed by atoms with E-state index in [1.807, 2.05) is 81.1 Å². The minimum absolute atomic E-state index is 0.00859. The monoisotopic (exact) mass is 493 g/mol. The molecule has 2 aliphatic rings. The van der Waals surface area contributed by atoms with Crippen LogP contribution in [0, 0.1) is 29.9 Å². The lowest BCUT2D eigenvalue weighted by Crippen LogP contribution is -2.68. The second kappa shape index (κ2) is 10.0. The molecule has 1 N–H and O–H groups in total. The summed E-state index contributed by atoms with van der Waals surface area (Å²) in [5.41, 5.74) is 4.16. The minimum Gasteiger partial charge on any atom is -0.360 e. The Bertz CT molecular complexity index is 1150. The molecule has 4 rings (SSSR count). The number of carbonyl (C=O) groups excluding carboxylic acids is 1. The first-order valence-electron chi connectivity index (χ1n) is 12.3. The summed E-state index contributed by atoms with van der Waals surface area (Å²) >= 11 is 0. The topological polar surface area (TPSA) is 93.9 Å². The summed E-state index contributed by atoms with van der Waals surface area (Å²) in [5, 5.41) is 16.1. The first kappa shape index (κ1) is 25.9. The van der Waals surface area contributed by atoms with Crippen LogP contribution in [0.5, 0.6) is 0 Å². The van der Waals surface area contributed by atoms with Crippen LogP contribution in [0.15, 0.2) is 60.0 Å². The second-order valence-electron chi connectivity index (χ2n) is 9.91. The van der Waals surface area contributed by atoms with E-state index in [4.69, 9.17) is 9.47 Å². The minimum atomic E-state index is -1.33. The Morgan fingerprint density at radius 3 is 2.00 bits per heavy atom. The fourth-order valence-corrected chi connectivity index (χ4v) is 5.69. The van der Waals surface area contributed by atoms with Crippen LogP contribution in [-0.2, 0) is 14.3 Å². The van der Waals surface area contributed by atoms with Crippen LogP contribution in [0.1, 0.15) is 61.0 Å². The summed E-state index contributed by atoms with van der Waals surface area (Å²) in [5.74, 6) is -1.80. The van der Waals surface area contributed by atoms with Crippen molar-refractivity contribution in [2.45, 2.75) is 64.4 Å². The van der Waals surface area contributed by atoms with Crippen LogP contribution in [0.4, 0.5) is 0 Å². The molecule has 0 amide bonds. The molecule has 1 saturated carbocycles. The summed E-state index contributed by atoms with van der Waals surface area (Å²) in [6.45, 7) is 8.02. The number of hydrogen-bond acceptors (Lipinski definition) is 7. The zero-order chi connectivity index (χ0) is 26.2. The highest BCUT2D eigenvalue weighted by molar-refractivity contribution is 5.81. The van der Waals surface area contributed by atoms with E-state index in [9.17, 15) is 14.9 Å². The normalized spacial score (nSPS) is 22.8. The summed E-state index contributed by atoms with van der Waals surface area (Å²) in [4.78, 5) is 27.1. The fourth-order valence-electron chi connectivity index (χ4n) is 5.69. The average Bonchev–Trinajstić information content (AvgIpc) is 2.84. The number of nitrogens with zero attached hydrogens (tertiary/aromatic N) is 2. The Hall–Kier alpha value is -3.23. The lowest BCUT2D eigenvalue weighted by atomic mass is 9.72. The molecule has 1 fully saturated rings. The molecule has 4 atom stereocenters. The molecule has 0 radical (unpaired) electrons. The van der Waals surface area contributed by atoms with Crippen molar-refractivity contribution in [2.75, 3.05) is 14.2 Å². The van der Waals surface area contributed by atoms with Crippen molar-refractivity contribution in [2.24, 2.45) is 5.92 Å². The third kappa shape index (κ3) is 4.40. The summed E-state index contributed by atoms with van der Waals surface area (Å²) in [6.07, 6.45) is 0.162. The van der Waals surface area contributed by atoms with E-state index in [1.165, 1.54) is 14.2 Å². The van der Waals surface area contributed by atoms with Crippen LogP contribution in [0.3, 0.4) is 0 Å². The van der Waals surface area contributed by atoms with E-state index in [0.717, 1.165) is 22.3 Å². The van der Waals surface area contributed by atoms with Crippen LogP contribution < -0.4 is 5.32 Å². The Labute approximate surface area is 212 Å². The molecule has 1 aliphatic carbocycles. The maximum absolute atomic E-state index is 12.9. The number of hydrogen-bond donors (Lipinski definition) is 1. The van der Waals surface area contributed by atoms with Crippen molar-refractivity contribution < 1.29 is 19.2 Å². The van der Waals surface area contributed by atoms with Gasteiger partial charge in [-0.3, -0.25) is 14.9 Å². The van der Waals surface area contributed by atoms with Gasteiger partial charge < -0.3 is 19.7 Å². The largest absolute Gasteiger partial charge is 0.360 e. The molecular formula is C28H35N3O5. The standard InChI is InChI=1S/C28H35N3O5/c1-17-7-11-21(12-8-17)19(3)29-27-26(31(33)34)24-15-23(32)16-25(28(24,35-5)36-6)30(27)20(4)22-13-9-18(2)10-14-22/h7-14,19-20,24-25,29H,15-16H2,1-6H3. The highest BCUT2D eigenvalue weighted by Gasteiger charge is 2.64. The first-order valence-corrected chi connectivity index (χ1v) is 12.3. The van der Waals surface area contributed by atoms with Gasteiger partial charge in [-0.05, 0) is 38.8 Å². The molecule has 1 heterocycles. The van der Waals surface area contributed by atoms with Crippen molar-refractivity contribution in [1.29, 1.82) is 0 Å². The highest BCUT2D eigenvalue weighted by atomic mass is 16.7. The molecule has 192 valence electrons. The van der Waals surface area contributed by atoms with Gasteiger partial charge in [0, 0.05) is 27.1 Å². The number of rotatable bonds is 8. The van der Waals surface area contributed by atoms with Crippen molar-refractivity contribution in [1.82, 2.24) is 10.2 Å². The van der Waals surface area contributed by atoms with E-state index in [0.29, 0.717) is 5.82 Å². The number of benzene rings is 2. The van der Waals surface area contributed by atoms with E-state index in [-0.39, 0.29) is 41.3 Å². The van der Waals surface area contributed by atoms with E-state index >= 15 is 0 Å². The van der Waals surface area contributed by atoms with Gasteiger partial charge in [0.2, 0.25) is 5.79 Å². The van der Waals surface area contributed by atoms with Gasteiger partial charge in [0.1, 0.15) is 11.7 Å². The molecule has 4 unspecified atom stereocenters. The summed E-state index contributed by atoms with van der Waals surface area (Å²) < 4.78 is 11.9. The Kier molecular flexibility index (Phi) is 7.20. The number of nitrogens with one attached hydrogen (secondary N) is 1. The highest BCUT2D eigenvalue weighted by Crippen LogP contribution is 2.50. The molecule has 2 aromatic carbocycles. The van der Waals surface area contributed by atoms with E-state index in [1.54, 1.807) is 0 Å². The van der Waals surface area contributed by atoms with Crippen LogP contribution in [-0.4, -0.2) is 41.7 Å². The Morgan fingerprint density at radius 1 is 0.972 bits per heavy atom. The number of nitro groups is 1. The van der Waals surface area contributed by atoms with Gasteiger partial charge >= 0.3 is 0 Å². The molecule has 8 heteroatoms. The van der Waals surface area contributed by atoms with Gasteiger partial charge in [0.05, 0.1) is 23.0 Å². The maximum Gasteiger partial charge on any atom is 0.294 e. The molecule has 0 saturated heterocycles. The lowest BCUT2D eigenvalue weighted by Gasteiger charge is -2.55. The van der Waals surface area contributed by atoms with Crippen molar-refractivity contribution in [3.05, 3.63) is 92.4 Å².